The van der Waals surface area contributed by atoms with Gasteiger partial charge in [0.1, 0.15) is 22.2 Å². The van der Waals surface area contributed by atoms with Crippen molar-refractivity contribution in [1.29, 1.82) is 0 Å². The van der Waals surface area contributed by atoms with Crippen LogP contribution in [0.1, 0.15) is 18.2 Å². The first-order valence-electron chi connectivity index (χ1n) is 13.2. The van der Waals surface area contributed by atoms with Crippen LogP contribution in [0.3, 0.4) is 0 Å². The number of piperazine rings is 1. The number of anilines is 1. The summed E-state index contributed by atoms with van der Waals surface area (Å²) in [6, 6.07) is 3.26. The third-order valence-corrected chi connectivity index (χ3v) is 8.29. The summed E-state index contributed by atoms with van der Waals surface area (Å²) in [5.74, 6) is -3.32. The van der Waals surface area contributed by atoms with Crippen molar-refractivity contribution in [3.63, 3.8) is 0 Å². The van der Waals surface area contributed by atoms with Gasteiger partial charge in [-0.3, -0.25) is 9.78 Å². The first-order chi connectivity index (χ1) is 21.0. The number of benzene rings is 1. The lowest BCUT2D eigenvalue weighted by Gasteiger charge is -2.40. The molecule has 45 heavy (non-hydrogen) atoms. The summed E-state index contributed by atoms with van der Waals surface area (Å²) in [5.41, 5.74) is -6.05. The Morgan fingerprint density at radius 3 is 2.47 bits per heavy atom. The molecule has 2 N–H and O–H groups in total. The molecule has 0 unspecified atom stereocenters. The van der Waals surface area contributed by atoms with Crippen LogP contribution in [0.15, 0.2) is 58.9 Å². The van der Waals surface area contributed by atoms with Crippen LogP contribution in [0.2, 0.25) is 0 Å². The highest BCUT2D eigenvalue weighted by Crippen LogP contribution is 2.40. The van der Waals surface area contributed by atoms with Crippen LogP contribution in [0.5, 0.6) is 0 Å². The monoisotopic (exact) mass is 649 g/mol. The molecule has 1 amide bonds. The predicted octanol–water partition coefficient (Wildman–Crippen LogP) is 3.32. The van der Waals surface area contributed by atoms with Crippen molar-refractivity contribution in [3.05, 3.63) is 82.6 Å². The number of fused-ring (bicyclic) bond motifs is 1. The van der Waals surface area contributed by atoms with Crippen molar-refractivity contribution < 1.29 is 35.2 Å². The summed E-state index contributed by atoms with van der Waals surface area (Å²) in [6.07, 6.45) is -2.88. The second-order valence-electron chi connectivity index (χ2n) is 10.2. The number of hydrogen-bond donors (Lipinski definition) is 1. The van der Waals surface area contributed by atoms with Gasteiger partial charge in [-0.2, -0.15) is 18.2 Å². The fraction of sp³-hybridized carbons (Fsp3) is 0.250. The van der Waals surface area contributed by atoms with E-state index in [-0.39, 0.29) is 42.4 Å². The quantitative estimate of drug-likeness (QED) is 0.256. The van der Waals surface area contributed by atoms with Crippen LogP contribution < -0.4 is 15.7 Å². The van der Waals surface area contributed by atoms with E-state index >= 15 is 8.78 Å². The van der Waals surface area contributed by atoms with E-state index in [1.54, 1.807) is 11.8 Å². The summed E-state index contributed by atoms with van der Waals surface area (Å²) in [6.45, 7) is 6.88. The van der Waals surface area contributed by atoms with E-state index in [9.17, 15) is 31.2 Å². The maximum Gasteiger partial charge on any atom is 0.417 e. The Morgan fingerprint density at radius 2 is 1.84 bits per heavy atom. The molecule has 0 saturated carbocycles. The number of alkyl halides is 3. The van der Waals surface area contributed by atoms with E-state index < -0.39 is 72.6 Å². The number of aromatic nitrogens is 4. The number of carbonyl (C=O) groups is 1. The van der Waals surface area contributed by atoms with Crippen molar-refractivity contribution in [2.45, 2.75) is 31.0 Å². The molecule has 4 aromatic rings. The Kier molecular flexibility index (Phi) is 7.95. The molecule has 0 aliphatic carbocycles. The summed E-state index contributed by atoms with van der Waals surface area (Å²) in [7, 11) is -4.54. The van der Waals surface area contributed by atoms with E-state index in [0.717, 1.165) is 30.5 Å². The van der Waals surface area contributed by atoms with Gasteiger partial charge in [-0.1, -0.05) is 12.6 Å². The van der Waals surface area contributed by atoms with Crippen LogP contribution in [0, 0.1) is 18.6 Å². The summed E-state index contributed by atoms with van der Waals surface area (Å²) in [5, 5.41) is 5.19. The van der Waals surface area contributed by atoms with E-state index in [1.807, 2.05) is 0 Å². The summed E-state index contributed by atoms with van der Waals surface area (Å²) >= 11 is 0. The Bertz CT molecular complexity index is 2050. The third-order valence-electron chi connectivity index (χ3n) is 7.34. The fourth-order valence-corrected chi connectivity index (χ4v) is 6.10. The SMILES string of the molecule is C=CC(=O)N1CCN(c2nc(=O)n(-c3c(S(N)(=O)=O)ccnc3C)c3nc(-c4c(F)cccc4C(F)(F)F)c(F)cc23)[C@@H](C)C1. The lowest BCUT2D eigenvalue weighted by atomic mass is 10.0. The van der Waals surface area contributed by atoms with Crippen molar-refractivity contribution in [1.82, 2.24) is 24.4 Å². The molecule has 3 aromatic heterocycles. The minimum Gasteiger partial charge on any atom is -0.350 e. The molecule has 236 valence electrons. The van der Waals surface area contributed by atoms with Crippen molar-refractivity contribution in [2.24, 2.45) is 5.14 Å². The average Bonchev–Trinajstić information content (AvgIpc) is 2.96. The number of pyridine rings is 2. The molecular weight excluding hydrogens is 625 g/mol. The Morgan fingerprint density at radius 1 is 1.13 bits per heavy atom. The summed E-state index contributed by atoms with van der Waals surface area (Å²) in [4.78, 5) is 40.6. The standard InChI is InChI=1S/C28H24F5N7O4S/c1-4-21(41)38-10-11-39(14(2)13-38)25-16-12-19(30)23(22-17(28(31,32)33)6-5-7-18(22)29)36-26(16)40(27(42)37-25)24-15(3)35-9-8-20(24)45(34,43)44/h4-9,12,14H,1,10-11,13H2,2-3H3,(H2,34,43,44)/t14-/m0/s1. The van der Waals surface area contributed by atoms with Crippen molar-refractivity contribution in [3.8, 4) is 16.9 Å². The maximum atomic E-state index is 15.9. The van der Waals surface area contributed by atoms with Gasteiger partial charge in [-0.25, -0.2) is 36.7 Å². The second-order valence-corrected chi connectivity index (χ2v) is 11.8. The molecule has 1 aliphatic rings. The Hall–Kier alpha value is -4.77. The van der Waals surface area contributed by atoms with Gasteiger partial charge in [-0.15, -0.1) is 0 Å². The molecule has 1 atom stereocenters. The van der Waals surface area contributed by atoms with Gasteiger partial charge < -0.3 is 9.80 Å². The molecule has 0 spiro atoms. The second kappa shape index (κ2) is 11.3. The molecule has 0 radical (unpaired) electrons. The number of rotatable bonds is 5. The first kappa shape index (κ1) is 31.6. The lowest BCUT2D eigenvalue weighted by Crippen LogP contribution is -2.54. The van der Waals surface area contributed by atoms with Gasteiger partial charge >= 0.3 is 11.9 Å². The molecule has 1 aromatic carbocycles. The number of amides is 1. The van der Waals surface area contributed by atoms with Gasteiger partial charge in [0.05, 0.1) is 27.9 Å². The molecule has 17 heteroatoms. The zero-order chi connectivity index (χ0) is 33.0. The number of carbonyl (C=O) groups excluding carboxylic acids is 1. The minimum absolute atomic E-state index is 0.0704. The van der Waals surface area contributed by atoms with Gasteiger partial charge in [0.15, 0.2) is 11.5 Å². The lowest BCUT2D eigenvalue weighted by molar-refractivity contribution is -0.137. The highest BCUT2D eigenvalue weighted by atomic mass is 32.2. The molecule has 1 aliphatic heterocycles. The van der Waals surface area contributed by atoms with Crippen LogP contribution in [0.25, 0.3) is 28.0 Å². The van der Waals surface area contributed by atoms with Gasteiger partial charge in [0, 0.05) is 31.9 Å². The smallest absolute Gasteiger partial charge is 0.350 e. The Labute approximate surface area is 252 Å². The minimum atomic E-state index is -5.12. The largest absolute Gasteiger partial charge is 0.417 e. The van der Waals surface area contributed by atoms with Gasteiger partial charge in [-0.05, 0) is 44.2 Å². The van der Waals surface area contributed by atoms with Crippen LogP contribution in [0.4, 0.5) is 27.8 Å². The number of aryl methyl sites for hydroxylation is 1. The highest BCUT2D eigenvalue weighted by Gasteiger charge is 2.37. The average molecular weight is 650 g/mol. The van der Waals surface area contributed by atoms with Crippen LogP contribution in [-0.4, -0.2) is 64.4 Å². The van der Waals surface area contributed by atoms with Crippen molar-refractivity contribution >= 4 is 32.8 Å². The molecule has 5 rings (SSSR count). The number of sulfonamides is 1. The zero-order valence-corrected chi connectivity index (χ0v) is 24.5. The number of hydrogen-bond acceptors (Lipinski definition) is 8. The normalized spacial score (nSPS) is 15.9. The molecular formula is C28H24F5N7O4S. The Balaban J connectivity index is 1.89. The van der Waals surface area contributed by atoms with E-state index in [0.29, 0.717) is 16.7 Å². The van der Waals surface area contributed by atoms with Gasteiger partial charge in [0.2, 0.25) is 15.9 Å². The van der Waals surface area contributed by atoms with E-state index in [2.05, 4.69) is 21.5 Å². The van der Waals surface area contributed by atoms with Crippen molar-refractivity contribution in [2.75, 3.05) is 24.5 Å². The van der Waals surface area contributed by atoms with Gasteiger partial charge in [0.25, 0.3) is 0 Å². The molecule has 1 fully saturated rings. The van der Waals surface area contributed by atoms with E-state index in [1.165, 1.54) is 11.8 Å². The predicted molar refractivity (Wildman–Crippen MR) is 153 cm³/mol. The molecule has 1 saturated heterocycles. The molecule has 11 nitrogen and oxygen atoms in total. The number of nitrogens with zero attached hydrogens (tertiary/aromatic N) is 6. The maximum absolute atomic E-state index is 15.9. The molecule has 0 bridgehead atoms. The summed E-state index contributed by atoms with van der Waals surface area (Å²) < 4.78 is 98.5. The zero-order valence-electron chi connectivity index (χ0n) is 23.6. The third kappa shape index (κ3) is 5.64. The number of primary sulfonamides is 1. The van der Waals surface area contributed by atoms with E-state index in [4.69, 9.17) is 5.14 Å². The number of halogens is 5. The number of nitrogens with two attached hydrogens (primary N) is 1. The fourth-order valence-electron chi connectivity index (χ4n) is 5.34. The molecule has 4 heterocycles. The van der Waals surface area contributed by atoms with Crippen LogP contribution in [-0.2, 0) is 21.0 Å². The topological polar surface area (TPSA) is 144 Å². The highest BCUT2D eigenvalue weighted by molar-refractivity contribution is 7.89. The first-order valence-corrected chi connectivity index (χ1v) is 14.7. The van der Waals surface area contributed by atoms with Crippen LogP contribution >= 0.6 is 0 Å².